The number of piperazine rings is 2. The SMILES string of the molecule is C.C1CCNCC1.COc1ccc(Cl)cc1.COc1ccc(Cl)cc1CNc1ccc(C(=O)O)cc1.COc1ccc(N2CCC(I=N)CC2)cc1.COc1ccc(N2CCCCC2)cc1.COc1ccc(N2CCN(C(=O)c3ccc(NS(=O)(=O)c4cc(Cl)ccc4OC)cc3)CC2)cc1.COc1ccc(N2CCNCC2)cc1. The zero-order valence-corrected chi connectivity index (χ0v) is 71.3. The van der Waals surface area contributed by atoms with E-state index in [1.54, 1.807) is 120 Å². The van der Waals surface area contributed by atoms with Crippen LogP contribution in [0.25, 0.3) is 0 Å². The molecule has 0 aromatic heterocycles. The number of carbonyl (C=O) groups excluding carboxylic acids is 1. The molecule has 14 rings (SSSR count). The number of nitrogens with one attached hydrogen (secondary N) is 5. The van der Waals surface area contributed by atoms with E-state index in [4.69, 9.17) is 76.6 Å². The van der Waals surface area contributed by atoms with Gasteiger partial charge in [-0.05, 0) is 285 Å². The maximum absolute atomic E-state index is 13.0. The predicted octanol–water partition coefficient (Wildman–Crippen LogP) is 18.7. The average molecular weight is 1770 g/mol. The van der Waals surface area contributed by atoms with Crippen LogP contribution in [0.1, 0.15) is 85.1 Å². The van der Waals surface area contributed by atoms with Gasteiger partial charge in [0, 0.05) is 149 Å². The maximum atomic E-state index is 13.0. The average Bonchev–Trinajstić information content (AvgIpc) is 0.802. The summed E-state index contributed by atoms with van der Waals surface area (Å²) >= 11 is 17.2. The molecule has 5 fully saturated rings. The molecule has 620 valence electrons. The molecule has 6 N–H and O–H groups in total. The summed E-state index contributed by atoms with van der Waals surface area (Å²) in [5.41, 5.74) is 7.82. The number of carboxylic acid groups (broad SMARTS) is 1. The van der Waals surface area contributed by atoms with Gasteiger partial charge in [0.2, 0.25) is 0 Å². The first-order valence-corrected chi connectivity index (χ1v) is 43.0. The van der Waals surface area contributed by atoms with Crippen LogP contribution in [0.5, 0.6) is 40.2 Å². The third-order valence-corrected chi connectivity index (χ3v) is 23.5. The Morgan fingerprint density at radius 2 is 0.817 bits per heavy atom. The van der Waals surface area contributed by atoms with E-state index in [9.17, 15) is 18.0 Å². The van der Waals surface area contributed by atoms with Crippen LogP contribution in [0.3, 0.4) is 0 Å². The van der Waals surface area contributed by atoms with Gasteiger partial charge in [0.15, 0.2) is 0 Å². The molecule has 0 saturated carbocycles. The third kappa shape index (κ3) is 31.0. The summed E-state index contributed by atoms with van der Waals surface area (Å²) in [4.78, 5) is 35.0. The lowest BCUT2D eigenvalue weighted by Crippen LogP contribution is -2.48. The molecule has 5 saturated heterocycles. The van der Waals surface area contributed by atoms with Crippen LogP contribution >= 0.6 is 55.8 Å². The number of halogens is 4. The summed E-state index contributed by atoms with van der Waals surface area (Å²) in [5.74, 6) is 4.31. The molecule has 0 unspecified atom stereocenters. The largest absolute Gasteiger partial charge is 0.497 e. The number of nitrogens with zero attached hydrogens (tertiary/aromatic N) is 5. The molecule has 9 aromatic rings. The van der Waals surface area contributed by atoms with Gasteiger partial charge in [-0.3, -0.25) is 13.1 Å². The number of piperidine rings is 3. The number of carboxylic acids is 1. The fourth-order valence-electron chi connectivity index (χ4n) is 12.8. The first kappa shape index (κ1) is 92.8. The highest BCUT2D eigenvalue weighted by atomic mass is 127. The molecule has 0 atom stereocenters. The second-order valence-corrected chi connectivity index (χ2v) is 32.1. The molecule has 0 bridgehead atoms. The van der Waals surface area contributed by atoms with E-state index < -0.39 is 16.0 Å². The fourth-order valence-corrected chi connectivity index (χ4v) is 15.7. The van der Waals surface area contributed by atoms with Crippen molar-refractivity contribution >= 4 is 112 Å². The number of sulfonamides is 1. The van der Waals surface area contributed by atoms with E-state index in [2.05, 4.69) is 76.7 Å². The van der Waals surface area contributed by atoms with Crippen molar-refractivity contribution in [3.05, 3.63) is 238 Å². The number of alkyl halides is 1. The lowest BCUT2D eigenvalue weighted by molar-refractivity contribution is 0.0695. The number of aromatic carboxylic acids is 1. The Kier molecular flexibility index (Phi) is 40.5. The van der Waals surface area contributed by atoms with Gasteiger partial charge in [0.25, 0.3) is 15.9 Å². The molecule has 5 aliphatic heterocycles. The number of carbonyl (C=O) groups is 2. The van der Waals surface area contributed by atoms with Crippen LogP contribution in [0, 0.1) is 3.56 Å². The van der Waals surface area contributed by atoms with Crippen molar-refractivity contribution in [2.45, 2.75) is 74.2 Å². The molecule has 5 aliphatic rings. The van der Waals surface area contributed by atoms with E-state index in [0.29, 0.717) is 39.8 Å². The topological polar surface area (TPSA) is 241 Å². The highest BCUT2D eigenvalue weighted by molar-refractivity contribution is 14.1. The molecule has 27 heteroatoms. The quantitative estimate of drug-likeness (QED) is 0.0307. The van der Waals surface area contributed by atoms with Crippen molar-refractivity contribution in [3.8, 4) is 40.2 Å². The summed E-state index contributed by atoms with van der Waals surface area (Å²) in [7, 11) is 7.41. The smallest absolute Gasteiger partial charge is 0.335 e. The fraction of sp³-hybridized carbons (Fsp3) is 0.364. The highest BCUT2D eigenvalue weighted by Gasteiger charge is 2.25. The van der Waals surface area contributed by atoms with E-state index in [1.165, 1.54) is 114 Å². The number of hydrogen-bond donors (Lipinski definition) is 6. The van der Waals surface area contributed by atoms with Crippen molar-refractivity contribution in [1.29, 1.82) is 3.56 Å². The van der Waals surface area contributed by atoms with Crippen LogP contribution in [-0.2, 0) is 16.6 Å². The molecular weight excluding hydrogens is 1650 g/mol. The van der Waals surface area contributed by atoms with Gasteiger partial charge in [-0.1, -0.05) is 48.7 Å². The number of amides is 1. The Labute approximate surface area is 705 Å². The van der Waals surface area contributed by atoms with Crippen LogP contribution < -0.4 is 73.4 Å². The molecular formula is C88H112Cl3IN10O12S. The van der Waals surface area contributed by atoms with E-state index in [1.807, 2.05) is 84.9 Å². The van der Waals surface area contributed by atoms with Crippen LogP contribution in [0.4, 0.5) is 34.1 Å². The summed E-state index contributed by atoms with van der Waals surface area (Å²) in [6.07, 6.45) is 10.6. The number of ether oxygens (including phenoxy) is 7. The number of anilines is 6. The van der Waals surface area contributed by atoms with Gasteiger partial charge in [-0.15, -0.1) is 0 Å². The molecule has 22 nitrogen and oxygen atoms in total. The second-order valence-electron chi connectivity index (χ2n) is 26.8. The van der Waals surface area contributed by atoms with E-state index >= 15 is 0 Å². The monoisotopic (exact) mass is 1760 g/mol. The van der Waals surface area contributed by atoms with Gasteiger partial charge in [-0.2, -0.15) is 0 Å². The molecule has 1 amide bonds. The number of hydrogen-bond acceptors (Lipinski definition) is 19. The highest BCUT2D eigenvalue weighted by Crippen LogP contribution is 2.32. The number of benzene rings is 9. The summed E-state index contributed by atoms with van der Waals surface area (Å²) in [5, 5.41) is 20.3. The zero-order chi connectivity index (χ0) is 81.5. The lowest BCUT2D eigenvalue weighted by Gasteiger charge is -2.36. The molecule has 9 aromatic carbocycles. The van der Waals surface area contributed by atoms with Crippen molar-refractivity contribution in [3.63, 3.8) is 0 Å². The van der Waals surface area contributed by atoms with Crippen LogP contribution in [0.15, 0.2) is 211 Å². The third-order valence-electron chi connectivity index (χ3n) is 19.3. The van der Waals surface area contributed by atoms with Crippen LogP contribution in [0.2, 0.25) is 15.1 Å². The zero-order valence-electron chi connectivity index (χ0n) is 66.1. The summed E-state index contributed by atoms with van der Waals surface area (Å²) in [6.45, 7) is 14.6. The van der Waals surface area contributed by atoms with Gasteiger partial charge in [0.1, 0.15) is 45.1 Å². The molecule has 0 radical (unpaired) electrons. The Balaban J connectivity index is 0.000000197. The minimum absolute atomic E-state index is 0. The first-order chi connectivity index (χ1) is 55.3. The van der Waals surface area contributed by atoms with Crippen LogP contribution in [-0.4, -0.2) is 176 Å². The maximum Gasteiger partial charge on any atom is 0.335 e. The van der Waals surface area contributed by atoms with Crippen molar-refractivity contribution in [1.82, 2.24) is 15.5 Å². The standard InChI is InChI=1S/C25H26ClN3O5S.C15H14ClNO3.C12H17IN2O.C12H17NO.C11H16N2O.C7H7ClO.C5H11N.CH4/c1-33-22-10-8-21(9-11-22)28-13-15-29(16-14-28)25(30)18-3-6-20(7-4-18)27-35(31,32)24-17-19(26)5-12-23(24)34-2;1-20-14-7-4-12(16)8-11(14)9-17-13-5-2-10(3-6-13)15(18)19;1-16-12-4-2-11(3-5-12)15-8-6-10(13-14)7-9-15;1-14-12-7-5-11(6-8-12)13-9-3-2-4-10-13;1-14-11-4-2-10(3-5-11)13-8-6-12-7-9-13;1-9-7-4-2-6(8)3-5-7;1-2-4-6-5-3-1;/h3-12,17,27H,13-16H2,1-2H3;2-8,17H,9H2,1H3,(H,18,19);2-5,10,14H,6-9H2,1H3;5-8H,2-4,9-10H2,1H3;2-5,12H,6-9H2,1H3;2-5H,1H3;6H,1-5H2;1H4. The lowest BCUT2D eigenvalue weighted by atomic mass is 10.1. The second kappa shape index (κ2) is 50.2. The first-order valence-electron chi connectivity index (χ1n) is 38.1. The van der Waals surface area contributed by atoms with Gasteiger partial charge in [-0.25, -0.2) is 13.2 Å². The summed E-state index contributed by atoms with van der Waals surface area (Å²) in [6, 6.07) is 62.7. The summed E-state index contributed by atoms with van der Waals surface area (Å²) < 4.78 is 72.4. The van der Waals surface area contributed by atoms with Crippen molar-refractivity contribution in [2.75, 3.05) is 171 Å². The van der Waals surface area contributed by atoms with E-state index in [0.717, 1.165) is 109 Å². The van der Waals surface area contributed by atoms with Gasteiger partial charge in [0.05, 0.1) is 55.3 Å². The Morgan fingerprint density at radius 3 is 1.23 bits per heavy atom. The van der Waals surface area contributed by atoms with E-state index in [-0.39, 0.29) is 55.6 Å². The van der Waals surface area contributed by atoms with Gasteiger partial charge >= 0.3 is 5.97 Å². The van der Waals surface area contributed by atoms with Crippen molar-refractivity contribution in [2.24, 2.45) is 0 Å². The molecule has 115 heavy (non-hydrogen) atoms. The normalized spacial score (nSPS) is 14.5. The minimum Gasteiger partial charge on any atom is -0.497 e. The Morgan fingerprint density at radius 1 is 0.435 bits per heavy atom. The molecule has 5 heterocycles. The molecule has 0 spiro atoms. The predicted molar refractivity (Wildman–Crippen MR) is 479 cm³/mol. The number of methoxy groups -OCH3 is 7. The Bertz CT molecular complexity index is 4350. The number of rotatable bonds is 20. The molecule has 0 aliphatic carbocycles. The van der Waals surface area contributed by atoms with Crippen molar-refractivity contribution < 1.29 is 56.3 Å². The minimum atomic E-state index is -3.94. The van der Waals surface area contributed by atoms with Gasteiger partial charge < -0.3 is 78.7 Å². The Hall–Kier alpha value is -9.41.